The van der Waals surface area contributed by atoms with Gasteiger partial charge in [-0.25, -0.2) is 4.79 Å². The lowest BCUT2D eigenvalue weighted by Gasteiger charge is -2.22. The standard InChI is InChI=1S/C12H22N2O3/c1-3-8-14(10-4-5-10)12(17)13-7-6-9(2)11(15)16/h9-10H,3-8H2,1-2H3,(H,13,17)(H,15,16). The van der Waals surface area contributed by atoms with E-state index in [1.54, 1.807) is 6.92 Å². The second-order valence-electron chi connectivity index (χ2n) is 4.68. The molecule has 1 fully saturated rings. The van der Waals surface area contributed by atoms with Crippen molar-refractivity contribution in [2.45, 2.75) is 45.6 Å². The van der Waals surface area contributed by atoms with Crippen molar-refractivity contribution in [3.8, 4) is 0 Å². The molecule has 0 aromatic carbocycles. The minimum atomic E-state index is -0.813. The molecule has 0 spiro atoms. The van der Waals surface area contributed by atoms with Crippen LogP contribution in [0.15, 0.2) is 0 Å². The molecule has 0 heterocycles. The van der Waals surface area contributed by atoms with Gasteiger partial charge in [0.2, 0.25) is 0 Å². The van der Waals surface area contributed by atoms with Crippen molar-refractivity contribution in [2.24, 2.45) is 5.92 Å². The van der Waals surface area contributed by atoms with E-state index in [2.05, 4.69) is 12.2 Å². The normalized spacial score (nSPS) is 16.4. The Balaban J connectivity index is 2.25. The first-order valence-corrected chi connectivity index (χ1v) is 6.33. The molecule has 0 saturated heterocycles. The summed E-state index contributed by atoms with van der Waals surface area (Å²) in [5, 5.41) is 11.5. The summed E-state index contributed by atoms with van der Waals surface area (Å²) in [6, 6.07) is 0.360. The monoisotopic (exact) mass is 242 g/mol. The topological polar surface area (TPSA) is 69.6 Å². The third-order valence-electron chi connectivity index (χ3n) is 2.99. The Bertz CT molecular complexity index is 277. The van der Waals surface area contributed by atoms with Crippen LogP contribution < -0.4 is 5.32 Å². The quantitative estimate of drug-likeness (QED) is 0.713. The van der Waals surface area contributed by atoms with Gasteiger partial charge in [0.05, 0.1) is 5.92 Å². The number of aliphatic carboxylic acids is 1. The Morgan fingerprint density at radius 3 is 2.59 bits per heavy atom. The van der Waals surface area contributed by atoms with Crippen LogP contribution in [-0.4, -0.2) is 41.1 Å². The zero-order chi connectivity index (χ0) is 12.8. The van der Waals surface area contributed by atoms with E-state index in [9.17, 15) is 9.59 Å². The Labute approximate surface area is 102 Å². The molecular formula is C12H22N2O3. The summed E-state index contributed by atoms with van der Waals surface area (Å²) in [4.78, 5) is 24.3. The smallest absolute Gasteiger partial charge is 0.317 e. The van der Waals surface area contributed by atoms with E-state index in [4.69, 9.17) is 5.11 Å². The van der Waals surface area contributed by atoms with Gasteiger partial charge in [-0.1, -0.05) is 13.8 Å². The minimum absolute atomic E-state index is 0.0491. The predicted molar refractivity (Wildman–Crippen MR) is 64.8 cm³/mol. The summed E-state index contributed by atoms with van der Waals surface area (Å²) in [5.74, 6) is -1.22. The van der Waals surface area contributed by atoms with Crippen LogP contribution >= 0.6 is 0 Å². The lowest BCUT2D eigenvalue weighted by Crippen LogP contribution is -2.42. The molecule has 0 aliphatic heterocycles. The highest BCUT2D eigenvalue weighted by atomic mass is 16.4. The van der Waals surface area contributed by atoms with Gasteiger partial charge in [0.25, 0.3) is 0 Å². The molecule has 2 N–H and O–H groups in total. The second kappa shape index (κ2) is 6.47. The molecule has 1 rings (SSSR count). The maximum Gasteiger partial charge on any atom is 0.317 e. The van der Waals surface area contributed by atoms with Gasteiger partial charge in [0.1, 0.15) is 0 Å². The number of nitrogens with zero attached hydrogens (tertiary/aromatic N) is 1. The minimum Gasteiger partial charge on any atom is -0.481 e. The summed E-state index contributed by atoms with van der Waals surface area (Å²) in [7, 11) is 0. The number of carboxylic acids is 1. The molecule has 5 heteroatoms. The zero-order valence-electron chi connectivity index (χ0n) is 10.6. The zero-order valence-corrected chi connectivity index (χ0v) is 10.6. The molecule has 1 aliphatic rings. The molecule has 2 amide bonds. The molecule has 98 valence electrons. The SMILES string of the molecule is CCCN(C(=O)NCCC(C)C(=O)O)C1CC1. The van der Waals surface area contributed by atoms with Crippen LogP contribution in [0.3, 0.4) is 0 Å². The van der Waals surface area contributed by atoms with E-state index >= 15 is 0 Å². The Kier molecular flexibility index (Phi) is 5.25. The van der Waals surface area contributed by atoms with Crippen LogP contribution in [-0.2, 0) is 4.79 Å². The van der Waals surface area contributed by atoms with E-state index in [-0.39, 0.29) is 6.03 Å². The molecule has 0 aromatic heterocycles. The number of amides is 2. The first kappa shape index (κ1) is 13.8. The van der Waals surface area contributed by atoms with Crippen molar-refractivity contribution in [3.05, 3.63) is 0 Å². The van der Waals surface area contributed by atoms with Crippen LogP contribution in [0, 0.1) is 5.92 Å². The fourth-order valence-electron chi connectivity index (χ4n) is 1.70. The van der Waals surface area contributed by atoms with Crippen molar-refractivity contribution in [3.63, 3.8) is 0 Å². The summed E-state index contributed by atoms with van der Waals surface area (Å²) >= 11 is 0. The molecule has 1 atom stereocenters. The Morgan fingerprint density at radius 2 is 2.12 bits per heavy atom. The maximum atomic E-state index is 11.8. The molecule has 0 radical (unpaired) electrons. The number of hydrogen-bond donors (Lipinski definition) is 2. The predicted octanol–water partition coefficient (Wildman–Crippen LogP) is 1.68. The van der Waals surface area contributed by atoms with Crippen molar-refractivity contribution in [1.29, 1.82) is 0 Å². The summed E-state index contributed by atoms with van der Waals surface area (Å²) in [6.45, 7) is 4.92. The molecule has 0 bridgehead atoms. The summed E-state index contributed by atoms with van der Waals surface area (Å²) < 4.78 is 0. The van der Waals surface area contributed by atoms with Gasteiger partial charge in [0.15, 0.2) is 0 Å². The van der Waals surface area contributed by atoms with Gasteiger partial charge >= 0.3 is 12.0 Å². The molecule has 1 aliphatic carbocycles. The second-order valence-corrected chi connectivity index (χ2v) is 4.68. The maximum absolute atomic E-state index is 11.8. The number of carboxylic acid groups (broad SMARTS) is 1. The fraction of sp³-hybridized carbons (Fsp3) is 0.833. The summed E-state index contributed by atoms with van der Waals surface area (Å²) in [6.07, 6.45) is 3.62. The highest BCUT2D eigenvalue weighted by Crippen LogP contribution is 2.26. The van der Waals surface area contributed by atoms with Crippen molar-refractivity contribution >= 4 is 12.0 Å². The largest absolute Gasteiger partial charge is 0.481 e. The average Bonchev–Trinajstić information content (AvgIpc) is 3.09. The third-order valence-corrected chi connectivity index (χ3v) is 2.99. The van der Waals surface area contributed by atoms with Crippen LogP contribution in [0.2, 0.25) is 0 Å². The number of carbonyl (C=O) groups excluding carboxylic acids is 1. The molecular weight excluding hydrogens is 220 g/mol. The number of urea groups is 1. The lowest BCUT2D eigenvalue weighted by atomic mass is 10.1. The van der Waals surface area contributed by atoms with Crippen LogP contribution in [0.5, 0.6) is 0 Å². The van der Waals surface area contributed by atoms with Crippen molar-refractivity contribution in [1.82, 2.24) is 10.2 Å². The molecule has 1 saturated carbocycles. The number of nitrogens with one attached hydrogen (secondary N) is 1. The van der Waals surface area contributed by atoms with Crippen molar-refractivity contribution in [2.75, 3.05) is 13.1 Å². The van der Waals surface area contributed by atoms with E-state index in [0.29, 0.717) is 19.0 Å². The van der Waals surface area contributed by atoms with Gasteiger partial charge in [-0.3, -0.25) is 4.79 Å². The average molecular weight is 242 g/mol. The molecule has 5 nitrogen and oxygen atoms in total. The van der Waals surface area contributed by atoms with E-state index < -0.39 is 11.9 Å². The Hall–Kier alpha value is -1.26. The van der Waals surface area contributed by atoms with Gasteiger partial charge in [-0.15, -0.1) is 0 Å². The van der Waals surface area contributed by atoms with E-state index in [0.717, 1.165) is 25.8 Å². The van der Waals surface area contributed by atoms with Gasteiger partial charge in [-0.05, 0) is 25.7 Å². The van der Waals surface area contributed by atoms with Crippen molar-refractivity contribution < 1.29 is 14.7 Å². The van der Waals surface area contributed by atoms with E-state index in [1.165, 1.54) is 0 Å². The fourth-order valence-corrected chi connectivity index (χ4v) is 1.70. The first-order chi connectivity index (χ1) is 8.06. The highest BCUT2D eigenvalue weighted by Gasteiger charge is 2.31. The van der Waals surface area contributed by atoms with Crippen LogP contribution in [0.4, 0.5) is 4.79 Å². The van der Waals surface area contributed by atoms with Crippen LogP contribution in [0.1, 0.15) is 39.5 Å². The molecule has 17 heavy (non-hydrogen) atoms. The number of carbonyl (C=O) groups is 2. The van der Waals surface area contributed by atoms with Gasteiger partial charge in [-0.2, -0.15) is 0 Å². The molecule has 0 aromatic rings. The number of hydrogen-bond acceptors (Lipinski definition) is 2. The van der Waals surface area contributed by atoms with E-state index in [1.807, 2.05) is 4.90 Å². The van der Waals surface area contributed by atoms with Crippen LogP contribution in [0.25, 0.3) is 0 Å². The van der Waals surface area contributed by atoms with Gasteiger partial charge in [0, 0.05) is 19.1 Å². The summed E-state index contributed by atoms with van der Waals surface area (Å²) in [5.41, 5.74) is 0. The lowest BCUT2D eigenvalue weighted by molar-refractivity contribution is -0.141. The molecule has 1 unspecified atom stereocenters. The first-order valence-electron chi connectivity index (χ1n) is 6.33. The number of rotatable bonds is 7. The third kappa shape index (κ3) is 4.63. The highest BCUT2D eigenvalue weighted by molar-refractivity contribution is 5.75. The Morgan fingerprint density at radius 1 is 1.47 bits per heavy atom. The van der Waals surface area contributed by atoms with Gasteiger partial charge < -0.3 is 15.3 Å².